The first kappa shape index (κ1) is 19.2. The molecule has 2 aromatic heterocycles. The summed E-state index contributed by atoms with van der Waals surface area (Å²) in [4.78, 5) is 28.9. The number of amides is 1. The quantitative estimate of drug-likeness (QED) is 0.381. The number of thiophene rings is 1. The molecule has 0 aliphatic carbocycles. The summed E-state index contributed by atoms with van der Waals surface area (Å²) in [7, 11) is 0. The lowest BCUT2D eigenvalue weighted by molar-refractivity contribution is -0.136. The fourth-order valence-corrected chi connectivity index (χ4v) is 4.03. The molecule has 3 N–H and O–H groups in total. The number of hydrogen-bond donors (Lipinski definition) is 2. The summed E-state index contributed by atoms with van der Waals surface area (Å²) in [5, 5.41) is 3.95. The van der Waals surface area contributed by atoms with E-state index in [0.717, 1.165) is 22.0 Å². The van der Waals surface area contributed by atoms with Crippen LogP contribution in [0.2, 0.25) is 0 Å². The Balaban J connectivity index is 1.84. The highest BCUT2D eigenvalue weighted by Crippen LogP contribution is 2.31. The molecule has 27 heavy (non-hydrogen) atoms. The summed E-state index contributed by atoms with van der Waals surface area (Å²) in [6.45, 7) is -1.42. The molecule has 0 bridgehead atoms. The van der Waals surface area contributed by atoms with E-state index in [9.17, 15) is 22.8 Å². The molecule has 0 fully saturated rings. The van der Waals surface area contributed by atoms with Gasteiger partial charge in [0.1, 0.15) is 11.4 Å². The SMILES string of the molecule is Nn1c(SCC(=O)NCC(F)(F)F)nc2scc(-c3ccccc3)c2c1=O. The minimum atomic E-state index is -4.49. The molecule has 0 saturated heterocycles. The van der Waals surface area contributed by atoms with E-state index in [1.54, 1.807) is 10.7 Å². The van der Waals surface area contributed by atoms with Crippen molar-refractivity contribution in [2.75, 3.05) is 18.1 Å². The maximum absolute atomic E-state index is 12.6. The minimum Gasteiger partial charge on any atom is -0.346 e. The van der Waals surface area contributed by atoms with Crippen LogP contribution < -0.4 is 16.7 Å². The zero-order valence-corrected chi connectivity index (χ0v) is 15.2. The van der Waals surface area contributed by atoms with Crippen LogP contribution in [0.1, 0.15) is 0 Å². The van der Waals surface area contributed by atoms with E-state index in [1.165, 1.54) is 11.3 Å². The number of aromatic nitrogens is 2. The van der Waals surface area contributed by atoms with Crippen molar-refractivity contribution >= 4 is 39.2 Å². The Morgan fingerprint density at radius 1 is 1.30 bits per heavy atom. The molecular formula is C16H13F3N4O2S2. The highest BCUT2D eigenvalue weighted by atomic mass is 32.2. The normalized spacial score (nSPS) is 11.7. The Labute approximate surface area is 159 Å². The molecule has 0 radical (unpaired) electrons. The average molecular weight is 414 g/mol. The van der Waals surface area contributed by atoms with Crippen LogP contribution in [0.4, 0.5) is 13.2 Å². The number of fused-ring (bicyclic) bond motifs is 1. The summed E-state index contributed by atoms with van der Waals surface area (Å²) in [6.07, 6.45) is -4.49. The standard InChI is InChI=1S/C16H13F3N4O2S2/c17-16(18,19)8-21-11(24)7-27-15-22-13-12(14(25)23(15)20)10(6-26-13)9-4-2-1-3-5-9/h1-6H,7-8,20H2,(H,21,24). The second kappa shape index (κ2) is 7.61. The van der Waals surface area contributed by atoms with Gasteiger partial charge in [0.2, 0.25) is 5.91 Å². The predicted octanol–water partition coefficient (Wildman–Crippen LogP) is 2.61. The van der Waals surface area contributed by atoms with Gasteiger partial charge in [0.25, 0.3) is 5.56 Å². The van der Waals surface area contributed by atoms with Gasteiger partial charge in [-0.05, 0) is 5.56 Å². The molecule has 0 aliphatic rings. The predicted molar refractivity (Wildman–Crippen MR) is 99.3 cm³/mol. The fraction of sp³-hybridized carbons (Fsp3) is 0.188. The molecule has 0 spiro atoms. The summed E-state index contributed by atoms with van der Waals surface area (Å²) in [5.74, 6) is 4.62. The zero-order chi connectivity index (χ0) is 19.6. The number of alkyl halides is 3. The number of nitrogens with one attached hydrogen (secondary N) is 1. The monoisotopic (exact) mass is 414 g/mol. The van der Waals surface area contributed by atoms with Crippen molar-refractivity contribution in [1.82, 2.24) is 15.0 Å². The van der Waals surface area contributed by atoms with Gasteiger partial charge >= 0.3 is 6.18 Å². The van der Waals surface area contributed by atoms with Gasteiger partial charge < -0.3 is 11.2 Å². The number of halogens is 3. The van der Waals surface area contributed by atoms with Gasteiger partial charge in [-0.3, -0.25) is 9.59 Å². The van der Waals surface area contributed by atoms with Gasteiger partial charge in [-0.1, -0.05) is 42.1 Å². The third-order valence-electron chi connectivity index (χ3n) is 3.51. The van der Waals surface area contributed by atoms with Crippen molar-refractivity contribution in [2.24, 2.45) is 0 Å². The molecule has 0 atom stereocenters. The number of benzene rings is 1. The van der Waals surface area contributed by atoms with Crippen LogP contribution >= 0.6 is 23.1 Å². The molecule has 0 aliphatic heterocycles. The van der Waals surface area contributed by atoms with E-state index in [0.29, 0.717) is 15.8 Å². The van der Waals surface area contributed by atoms with Gasteiger partial charge in [0.15, 0.2) is 5.16 Å². The summed E-state index contributed by atoms with van der Waals surface area (Å²) in [6, 6.07) is 9.26. The second-order valence-electron chi connectivity index (χ2n) is 5.45. The Morgan fingerprint density at radius 3 is 2.67 bits per heavy atom. The maximum Gasteiger partial charge on any atom is 0.405 e. The molecule has 3 aromatic rings. The number of carbonyl (C=O) groups excluding carboxylic acids is 1. The van der Waals surface area contributed by atoms with Crippen molar-refractivity contribution in [3.8, 4) is 11.1 Å². The highest BCUT2D eigenvalue weighted by Gasteiger charge is 2.27. The Hall–Kier alpha value is -2.53. The second-order valence-corrected chi connectivity index (χ2v) is 7.25. The van der Waals surface area contributed by atoms with Crippen molar-refractivity contribution < 1.29 is 18.0 Å². The largest absolute Gasteiger partial charge is 0.405 e. The summed E-state index contributed by atoms with van der Waals surface area (Å²) < 4.78 is 37.2. The lowest BCUT2D eigenvalue weighted by Crippen LogP contribution is -2.35. The highest BCUT2D eigenvalue weighted by molar-refractivity contribution is 7.99. The Bertz CT molecular complexity index is 1030. The van der Waals surface area contributed by atoms with Crippen molar-refractivity contribution in [3.05, 3.63) is 46.1 Å². The lowest BCUT2D eigenvalue weighted by Gasteiger charge is -2.09. The third-order valence-corrected chi connectivity index (χ3v) is 5.34. The summed E-state index contributed by atoms with van der Waals surface area (Å²) >= 11 is 2.04. The molecule has 0 unspecified atom stereocenters. The average Bonchev–Trinajstić information content (AvgIpc) is 3.06. The Morgan fingerprint density at radius 2 is 2.00 bits per heavy atom. The molecule has 2 heterocycles. The number of nitrogens with two attached hydrogens (primary N) is 1. The maximum atomic E-state index is 12.6. The van der Waals surface area contributed by atoms with Crippen LogP contribution in [0.25, 0.3) is 21.3 Å². The van der Waals surface area contributed by atoms with Crippen LogP contribution in [0, 0.1) is 0 Å². The molecule has 142 valence electrons. The van der Waals surface area contributed by atoms with Crippen molar-refractivity contribution in [1.29, 1.82) is 0 Å². The zero-order valence-electron chi connectivity index (χ0n) is 13.6. The van der Waals surface area contributed by atoms with E-state index in [4.69, 9.17) is 5.84 Å². The van der Waals surface area contributed by atoms with E-state index in [1.807, 2.05) is 30.3 Å². The van der Waals surface area contributed by atoms with Gasteiger partial charge in [0, 0.05) is 10.9 Å². The van der Waals surface area contributed by atoms with Gasteiger partial charge in [-0.25, -0.2) is 9.66 Å². The van der Waals surface area contributed by atoms with Crippen LogP contribution in [0.15, 0.2) is 45.7 Å². The van der Waals surface area contributed by atoms with E-state index < -0.39 is 24.2 Å². The first-order valence-corrected chi connectivity index (χ1v) is 9.44. The minimum absolute atomic E-state index is 0.0520. The summed E-state index contributed by atoms with van der Waals surface area (Å²) in [5.41, 5.74) is 1.06. The molecule has 1 aromatic carbocycles. The van der Waals surface area contributed by atoms with Crippen LogP contribution in [0.3, 0.4) is 0 Å². The molecule has 3 rings (SSSR count). The molecule has 11 heteroatoms. The number of nitrogens with zero attached hydrogens (tertiary/aromatic N) is 2. The van der Waals surface area contributed by atoms with Gasteiger partial charge in [-0.2, -0.15) is 13.2 Å². The third kappa shape index (κ3) is 4.42. The topological polar surface area (TPSA) is 90.0 Å². The van der Waals surface area contributed by atoms with Crippen LogP contribution in [-0.4, -0.2) is 34.0 Å². The first-order valence-electron chi connectivity index (χ1n) is 7.57. The first-order chi connectivity index (χ1) is 12.8. The molecule has 1 amide bonds. The number of thioether (sulfide) groups is 1. The lowest BCUT2D eigenvalue weighted by atomic mass is 10.1. The number of hydrogen-bond acceptors (Lipinski definition) is 6. The fourth-order valence-electron chi connectivity index (χ4n) is 2.30. The van der Waals surface area contributed by atoms with Crippen molar-refractivity contribution in [3.63, 3.8) is 0 Å². The molecule has 0 saturated carbocycles. The van der Waals surface area contributed by atoms with E-state index >= 15 is 0 Å². The van der Waals surface area contributed by atoms with E-state index in [-0.39, 0.29) is 10.9 Å². The smallest absolute Gasteiger partial charge is 0.346 e. The van der Waals surface area contributed by atoms with Crippen LogP contribution in [-0.2, 0) is 4.79 Å². The van der Waals surface area contributed by atoms with Gasteiger partial charge in [-0.15, -0.1) is 11.3 Å². The number of carbonyl (C=O) groups is 1. The number of rotatable bonds is 5. The van der Waals surface area contributed by atoms with Crippen LogP contribution in [0.5, 0.6) is 0 Å². The van der Waals surface area contributed by atoms with E-state index in [2.05, 4.69) is 4.98 Å². The van der Waals surface area contributed by atoms with Gasteiger partial charge in [0.05, 0.1) is 11.1 Å². The number of nitrogen functional groups attached to an aromatic ring is 1. The molecule has 6 nitrogen and oxygen atoms in total. The molecular weight excluding hydrogens is 401 g/mol. The Kier molecular flexibility index (Phi) is 5.42. The van der Waals surface area contributed by atoms with Crippen molar-refractivity contribution in [2.45, 2.75) is 11.3 Å².